The summed E-state index contributed by atoms with van der Waals surface area (Å²) < 4.78 is 5.51. The molecule has 7 nitrogen and oxygen atoms in total. The van der Waals surface area contributed by atoms with Crippen molar-refractivity contribution in [3.8, 4) is 0 Å². The zero-order valence-corrected chi connectivity index (χ0v) is 10.8. The Kier molecular flexibility index (Phi) is 3.27. The van der Waals surface area contributed by atoms with Crippen LogP contribution in [0, 0.1) is 16.0 Å². The molecule has 1 aliphatic carbocycles. The summed E-state index contributed by atoms with van der Waals surface area (Å²) in [6.07, 6.45) is 2.95. The second-order valence-corrected chi connectivity index (χ2v) is 5.02. The summed E-state index contributed by atoms with van der Waals surface area (Å²) >= 11 is 0. The topological polar surface area (TPSA) is 101 Å². The van der Waals surface area contributed by atoms with Gasteiger partial charge in [-0.05, 0) is 18.9 Å². The zero-order chi connectivity index (χ0) is 14.1. The number of hydrogen-bond donors (Lipinski definition) is 2. The molecular weight excluding hydrogens is 262 g/mol. The number of nitrogens with zero attached hydrogens (tertiary/aromatic N) is 2. The van der Waals surface area contributed by atoms with Crippen LogP contribution in [0.25, 0.3) is 11.1 Å². The van der Waals surface area contributed by atoms with Crippen molar-refractivity contribution in [3.05, 3.63) is 28.3 Å². The third-order valence-corrected chi connectivity index (χ3v) is 3.80. The van der Waals surface area contributed by atoms with Crippen LogP contribution >= 0.6 is 0 Å². The average molecular weight is 277 g/mol. The molecule has 20 heavy (non-hydrogen) atoms. The number of hydrogen-bond acceptors (Lipinski definition) is 6. The van der Waals surface area contributed by atoms with Gasteiger partial charge in [-0.3, -0.25) is 10.1 Å². The summed E-state index contributed by atoms with van der Waals surface area (Å²) in [4.78, 5) is 14.6. The Morgan fingerprint density at radius 3 is 3.10 bits per heavy atom. The van der Waals surface area contributed by atoms with E-state index in [0.717, 1.165) is 19.3 Å². The highest BCUT2D eigenvalue weighted by Gasteiger charge is 2.28. The Morgan fingerprint density at radius 1 is 1.50 bits per heavy atom. The minimum Gasteiger partial charge on any atom is -0.423 e. The Hall–Kier alpha value is -2.15. The van der Waals surface area contributed by atoms with Gasteiger partial charge in [0.05, 0.1) is 4.92 Å². The number of nitro benzene ring substituents is 1. The fourth-order valence-corrected chi connectivity index (χ4v) is 2.75. The first kappa shape index (κ1) is 12.9. The number of fused-ring (bicyclic) bond motifs is 1. The molecule has 0 saturated heterocycles. The van der Waals surface area contributed by atoms with Crippen LogP contribution in [0.15, 0.2) is 22.6 Å². The number of non-ortho nitro benzene ring substituents is 1. The molecule has 1 aromatic carbocycles. The molecule has 7 heteroatoms. The normalized spacial score (nSPS) is 22.2. The number of rotatable bonds is 4. The van der Waals surface area contributed by atoms with Crippen molar-refractivity contribution < 1.29 is 14.4 Å². The molecule has 0 aliphatic heterocycles. The molecule has 1 aromatic heterocycles. The minimum atomic E-state index is -0.471. The van der Waals surface area contributed by atoms with Crippen LogP contribution < -0.4 is 5.32 Å². The highest BCUT2D eigenvalue weighted by atomic mass is 16.6. The molecule has 0 spiro atoms. The Labute approximate surface area is 114 Å². The minimum absolute atomic E-state index is 0.0653. The zero-order valence-electron chi connectivity index (χ0n) is 10.8. The molecule has 1 fully saturated rings. The summed E-state index contributed by atoms with van der Waals surface area (Å²) in [6.45, 7) is 0.123. The molecule has 106 valence electrons. The van der Waals surface area contributed by atoms with E-state index in [4.69, 9.17) is 4.42 Å². The van der Waals surface area contributed by atoms with Crippen molar-refractivity contribution in [3.63, 3.8) is 0 Å². The number of benzene rings is 1. The largest absolute Gasteiger partial charge is 0.423 e. The van der Waals surface area contributed by atoms with Crippen LogP contribution in [0.4, 0.5) is 11.7 Å². The Morgan fingerprint density at radius 2 is 2.35 bits per heavy atom. The van der Waals surface area contributed by atoms with E-state index in [1.165, 1.54) is 6.07 Å². The van der Waals surface area contributed by atoms with Gasteiger partial charge in [-0.1, -0.05) is 12.5 Å². The lowest BCUT2D eigenvalue weighted by molar-refractivity contribution is -0.383. The number of nitro groups is 1. The molecule has 1 saturated carbocycles. The van der Waals surface area contributed by atoms with E-state index in [-0.39, 0.29) is 35.8 Å². The number of aliphatic hydroxyl groups excluding tert-OH is 1. The van der Waals surface area contributed by atoms with Gasteiger partial charge in [-0.2, -0.15) is 4.98 Å². The van der Waals surface area contributed by atoms with E-state index < -0.39 is 4.92 Å². The van der Waals surface area contributed by atoms with Gasteiger partial charge in [0, 0.05) is 24.6 Å². The van der Waals surface area contributed by atoms with E-state index in [0.29, 0.717) is 5.58 Å². The number of oxazole rings is 1. The summed E-state index contributed by atoms with van der Waals surface area (Å²) in [5.41, 5.74) is 0.572. The van der Waals surface area contributed by atoms with Gasteiger partial charge < -0.3 is 14.8 Å². The van der Waals surface area contributed by atoms with Crippen molar-refractivity contribution in [2.24, 2.45) is 5.92 Å². The molecule has 0 bridgehead atoms. The summed E-state index contributed by atoms with van der Waals surface area (Å²) in [5.74, 6) is 0.181. The second kappa shape index (κ2) is 5.09. The van der Waals surface area contributed by atoms with Crippen molar-refractivity contribution >= 4 is 22.8 Å². The van der Waals surface area contributed by atoms with Crippen LogP contribution in [-0.4, -0.2) is 27.7 Å². The fraction of sp³-hybridized carbons (Fsp3) is 0.462. The molecule has 2 aromatic rings. The first-order valence-electron chi connectivity index (χ1n) is 6.60. The third-order valence-electron chi connectivity index (χ3n) is 3.80. The lowest BCUT2D eigenvalue weighted by Crippen LogP contribution is -2.26. The van der Waals surface area contributed by atoms with Crippen LogP contribution in [0.1, 0.15) is 19.3 Å². The number of aliphatic hydroxyl groups is 1. The monoisotopic (exact) mass is 277 g/mol. The molecule has 2 N–H and O–H groups in total. The van der Waals surface area contributed by atoms with E-state index in [2.05, 4.69) is 10.3 Å². The molecule has 2 unspecified atom stereocenters. The van der Waals surface area contributed by atoms with Gasteiger partial charge in [0.1, 0.15) is 0 Å². The van der Waals surface area contributed by atoms with Gasteiger partial charge in [-0.25, -0.2) is 0 Å². The van der Waals surface area contributed by atoms with Gasteiger partial charge in [0.15, 0.2) is 11.1 Å². The maximum atomic E-state index is 10.9. The van der Waals surface area contributed by atoms with Gasteiger partial charge in [0.2, 0.25) is 0 Å². The van der Waals surface area contributed by atoms with Crippen molar-refractivity contribution in [1.82, 2.24) is 4.98 Å². The predicted molar refractivity (Wildman–Crippen MR) is 72.5 cm³/mol. The third kappa shape index (κ3) is 2.20. The standard InChI is InChI=1S/C13H15N3O4/c17-7-8-3-1-4-9(8)14-13-15-12-10(16(18)19)5-2-6-11(12)20-13/h2,5-6,8-9,17H,1,3-4,7H2,(H,14,15). The van der Waals surface area contributed by atoms with Crippen LogP contribution in [-0.2, 0) is 0 Å². The average Bonchev–Trinajstić information content (AvgIpc) is 3.03. The smallest absolute Gasteiger partial charge is 0.298 e. The lowest BCUT2D eigenvalue weighted by Gasteiger charge is -2.17. The van der Waals surface area contributed by atoms with Crippen LogP contribution in [0.5, 0.6) is 0 Å². The summed E-state index contributed by atoms with van der Waals surface area (Å²) in [5, 5.41) is 23.4. The van der Waals surface area contributed by atoms with E-state index in [1.54, 1.807) is 12.1 Å². The molecule has 1 aliphatic rings. The van der Waals surface area contributed by atoms with Crippen molar-refractivity contribution in [2.45, 2.75) is 25.3 Å². The molecular formula is C13H15N3O4. The van der Waals surface area contributed by atoms with Crippen LogP contribution in [0.2, 0.25) is 0 Å². The van der Waals surface area contributed by atoms with Gasteiger partial charge in [0.25, 0.3) is 11.7 Å². The number of aromatic nitrogens is 1. The summed E-state index contributed by atoms with van der Waals surface area (Å²) in [7, 11) is 0. The Balaban J connectivity index is 1.89. The predicted octanol–water partition coefficient (Wildman–Crippen LogP) is 2.31. The maximum absolute atomic E-state index is 10.9. The van der Waals surface area contributed by atoms with Crippen molar-refractivity contribution in [1.29, 1.82) is 0 Å². The molecule has 2 atom stereocenters. The SMILES string of the molecule is O=[N+]([O-])c1cccc2oc(NC3CCCC3CO)nc12. The molecule has 1 heterocycles. The Bertz CT molecular complexity index is 640. The second-order valence-electron chi connectivity index (χ2n) is 5.02. The summed E-state index contributed by atoms with van der Waals surface area (Å²) in [6, 6.07) is 5.01. The van der Waals surface area contributed by atoms with Crippen molar-refractivity contribution in [2.75, 3.05) is 11.9 Å². The van der Waals surface area contributed by atoms with E-state index >= 15 is 0 Å². The number of nitrogens with one attached hydrogen (secondary N) is 1. The first-order valence-corrected chi connectivity index (χ1v) is 6.60. The quantitative estimate of drug-likeness (QED) is 0.656. The number of para-hydroxylation sites is 1. The van der Waals surface area contributed by atoms with Gasteiger partial charge >= 0.3 is 0 Å². The highest BCUT2D eigenvalue weighted by Crippen LogP contribution is 2.31. The number of anilines is 1. The van der Waals surface area contributed by atoms with E-state index in [9.17, 15) is 15.2 Å². The highest BCUT2D eigenvalue weighted by molar-refractivity contribution is 5.84. The lowest BCUT2D eigenvalue weighted by atomic mass is 10.1. The molecule has 0 radical (unpaired) electrons. The van der Waals surface area contributed by atoms with E-state index in [1.807, 2.05) is 0 Å². The fourth-order valence-electron chi connectivity index (χ4n) is 2.75. The van der Waals surface area contributed by atoms with Gasteiger partial charge in [-0.15, -0.1) is 0 Å². The first-order chi connectivity index (χ1) is 9.69. The molecule has 0 amide bonds. The maximum Gasteiger partial charge on any atom is 0.298 e. The van der Waals surface area contributed by atoms with Crippen LogP contribution in [0.3, 0.4) is 0 Å². The molecule has 3 rings (SSSR count).